The van der Waals surface area contributed by atoms with Gasteiger partial charge in [-0.2, -0.15) is 0 Å². The predicted molar refractivity (Wildman–Crippen MR) is 120 cm³/mol. The van der Waals surface area contributed by atoms with Gasteiger partial charge < -0.3 is 19.3 Å². The number of benzene rings is 1. The van der Waals surface area contributed by atoms with Gasteiger partial charge in [-0.1, -0.05) is 19.4 Å². The van der Waals surface area contributed by atoms with Gasteiger partial charge in [0.15, 0.2) is 0 Å². The van der Waals surface area contributed by atoms with Crippen LogP contribution >= 0.6 is 0 Å². The van der Waals surface area contributed by atoms with Crippen LogP contribution in [-0.2, 0) is 19.9 Å². The van der Waals surface area contributed by atoms with E-state index in [1.165, 1.54) is 13.4 Å². The monoisotopic (exact) mass is 430 g/mol. The van der Waals surface area contributed by atoms with E-state index in [-0.39, 0.29) is 23.8 Å². The van der Waals surface area contributed by atoms with Crippen LogP contribution in [0.1, 0.15) is 38.7 Å². The van der Waals surface area contributed by atoms with Gasteiger partial charge in [0.25, 0.3) is 0 Å². The van der Waals surface area contributed by atoms with Crippen LogP contribution in [0.3, 0.4) is 0 Å². The largest absolute Gasteiger partial charge is 0.504 e. The second kappa shape index (κ2) is 9.83. The van der Waals surface area contributed by atoms with Crippen molar-refractivity contribution in [1.29, 1.82) is 0 Å². The van der Waals surface area contributed by atoms with E-state index in [1.54, 1.807) is 14.2 Å². The number of aliphatic imine (C=N–C) groups is 1. The molecule has 2 unspecified atom stereocenters. The molecule has 7 nitrogen and oxygen atoms in total. The molecule has 2 aliphatic heterocycles. The number of carbonyl (C=O) groups excluding carboxylic acids is 1. The van der Waals surface area contributed by atoms with Crippen molar-refractivity contribution in [2.45, 2.75) is 44.8 Å². The van der Waals surface area contributed by atoms with E-state index in [9.17, 15) is 9.90 Å². The van der Waals surface area contributed by atoms with Crippen LogP contribution in [0.15, 0.2) is 35.0 Å². The SMILES string of the molecule is CCC1CN2CC[C@](C)(O)c3c(cccc3OC)N=CC2C[C@@H]1/C(=C\OC)C(=O)OC. The minimum atomic E-state index is -1.07. The Morgan fingerprint density at radius 3 is 2.77 bits per heavy atom. The van der Waals surface area contributed by atoms with Crippen molar-refractivity contribution >= 4 is 17.9 Å². The van der Waals surface area contributed by atoms with Crippen LogP contribution < -0.4 is 4.74 Å². The van der Waals surface area contributed by atoms with E-state index >= 15 is 0 Å². The van der Waals surface area contributed by atoms with Crippen LogP contribution in [0.25, 0.3) is 0 Å². The van der Waals surface area contributed by atoms with Crippen molar-refractivity contribution in [3.05, 3.63) is 35.6 Å². The van der Waals surface area contributed by atoms with Crippen LogP contribution in [0, 0.1) is 11.8 Å². The molecule has 7 heteroatoms. The molecule has 1 aromatic rings. The van der Waals surface area contributed by atoms with Gasteiger partial charge in [-0.15, -0.1) is 0 Å². The molecule has 1 aromatic carbocycles. The number of rotatable bonds is 5. The van der Waals surface area contributed by atoms with Gasteiger partial charge in [-0.25, -0.2) is 4.79 Å². The molecule has 0 amide bonds. The summed E-state index contributed by atoms with van der Waals surface area (Å²) in [6.07, 6.45) is 5.67. The number of methoxy groups -OCH3 is 3. The predicted octanol–water partition coefficient (Wildman–Crippen LogP) is 3.43. The molecule has 0 bridgehead atoms. The van der Waals surface area contributed by atoms with Crippen molar-refractivity contribution < 1.29 is 24.1 Å². The van der Waals surface area contributed by atoms with Gasteiger partial charge in [0.2, 0.25) is 0 Å². The second-order valence-corrected chi connectivity index (χ2v) is 8.53. The summed E-state index contributed by atoms with van der Waals surface area (Å²) in [5.41, 5.74) is 0.923. The lowest BCUT2D eigenvalue weighted by atomic mass is 9.76. The Balaban J connectivity index is 1.99. The number of esters is 1. The molecule has 3 rings (SSSR count). The van der Waals surface area contributed by atoms with Gasteiger partial charge in [0.05, 0.1) is 50.0 Å². The number of hydrogen-bond acceptors (Lipinski definition) is 7. The molecule has 1 fully saturated rings. The number of aliphatic hydroxyl groups is 1. The lowest BCUT2D eigenvalue weighted by molar-refractivity contribution is -0.137. The smallest absolute Gasteiger partial charge is 0.337 e. The van der Waals surface area contributed by atoms with Crippen molar-refractivity contribution in [3.8, 4) is 5.75 Å². The highest BCUT2D eigenvalue weighted by Gasteiger charge is 2.40. The molecule has 4 atom stereocenters. The van der Waals surface area contributed by atoms with Crippen molar-refractivity contribution in [2.24, 2.45) is 16.8 Å². The average Bonchev–Trinajstić information content (AvgIpc) is 2.83. The number of nitrogens with zero attached hydrogens (tertiary/aromatic N) is 2. The van der Waals surface area contributed by atoms with Crippen molar-refractivity contribution in [3.63, 3.8) is 0 Å². The number of piperidine rings is 1. The topological polar surface area (TPSA) is 80.6 Å². The fourth-order valence-electron chi connectivity index (χ4n) is 4.90. The summed E-state index contributed by atoms with van der Waals surface area (Å²) in [5.74, 6) is 0.570. The Labute approximate surface area is 184 Å². The summed E-state index contributed by atoms with van der Waals surface area (Å²) in [6, 6.07) is 5.67. The van der Waals surface area contributed by atoms with Gasteiger partial charge in [0.1, 0.15) is 5.75 Å². The Morgan fingerprint density at radius 1 is 1.35 bits per heavy atom. The second-order valence-electron chi connectivity index (χ2n) is 8.53. The summed E-state index contributed by atoms with van der Waals surface area (Å²) in [4.78, 5) is 19.6. The zero-order valence-electron chi connectivity index (χ0n) is 19.1. The van der Waals surface area contributed by atoms with Crippen molar-refractivity contribution in [1.82, 2.24) is 4.90 Å². The molecular weight excluding hydrogens is 396 g/mol. The molecule has 0 saturated carbocycles. The quantitative estimate of drug-likeness (QED) is 0.438. The zero-order chi connectivity index (χ0) is 22.6. The van der Waals surface area contributed by atoms with Crippen LogP contribution in [0.2, 0.25) is 0 Å². The van der Waals surface area contributed by atoms with Gasteiger partial charge in [-0.05, 0) is 43.7 Å². The van der Waals surface area contributed by atoms with Crippen LogP contribution in [0.5, 0.6) is 5.75 Å². The lowest BCUT2D eigenvalue weighted by Gasteiger charge is -2.43. The fraction of sp³-hybridized carbons (Fsp3) is 0.583. The number of ether oxygens (including phenoxy) is 3. The van der Waals surface area contributed by atoms with E-state index in [2.05, 4.69) is 11.8 Å². The highest BCUT2D eigenvalue weighted by molar-refractivity contribution is 5.89. The van der Waals surface area contributed by atoms with Gasteiger partial charge >= 0.3 is 5.97 Å². The van der Waals surface area contributed by atoms with E-state index in [0.717, 1.165) is 19.4 Å². The highest BCUT2D eigenvalue weighted by Crippen LogP contribution is 2.42. The van der Waals surface area contributed by atoms with E-state index < -0.39 is 5.60 Å². The zero-order valence-corrected chi connectivity index (χ0v) is 19.1. The van der Waals surface area contributed by atoms with Gasteiger partial charge in [-0.3, -0.25) is 9.89 Å². The minimum Gasteiger partial charge on any atom is -0.504 e. The Hall–Kier alpha value is -2.38. The number of fused-ring (bicyclic) bond motifs is 2. The normalized spacial score (nSPS) is 29.1. The summed E-state index contributed by atoms with van der Waals surface area (Å²) in [5, 5.41) is 11.3. The molecule has 0 spiro atoms. The summed E-state index contributed by atoms with van der Waals surface area (Å²) in [7, 11) is 4.56. The van der Waals surface area contributed by atoms with Crippen LogP contribution in [0.4, 0.5) is 5.69 Å². The molecular formula is C24H34N2O5. The number of carbonyl (C=O) groups is 1. The van der Waals surface area contributed by atoms with Gasteiger partial charge in [0, 0.05) is 25.3 Å². The first-order chi connectivity index (χ1) is 14.9. The lowest BCUT2D eigenvalue weighted by Crippen LogP contribution is -2.50. The third kappa shape index (κ3) is 4.77. The molecule has 31 heavy (non-hydrogen) atoms. The molecule has 0 radical (unpaired) electrons. The standard InChI is InChI=1S/C24H34N2O5/c1-6-16-14-26-11-10-24(2,28)22-20(8-7-9-21(22)30-4)25-13-17(26)12-18(16)19(15-29-3)23(27)31-5/h7-9,13,15-18,28H,6,10-12,14H2,1-5H3/b19-15+,25-13?/t16?,17?,18-,24-/m0/s1. The summed E-state index contributed by atoms with van der Waals surface area (Å²) in [6.45, 7) is 5.48. The van der Waals surface area contributed by atoms with E-state index in [0.29, 0.717) is 35.5 Å². The molecule has 0 aromatic heterocycles. The third-order valence-electron chi connectivity index (χ3n) is 6.63. The third-order valence-corrected chi connectivity index (χ3v) is 6.63. The van der Waals surface area contributed by atoms with Crippen LogP contribution in [-0.4, -0.2) is 62.7 Å². The molecule has 2 heterocycles. The summed E-state index contributed by atoms with van der Waals surface area (Å²) < 4.78 is 15.8. The molecule has 1 N–H and O–H groups in total. The summed E-state index contributed by atoms with van der Waals surface area (Å²) >= 11 is 0. The fourth-order valence-corrected chi connectivity index (χ4v) is 4.90. The minimum absolute atomic E-state index is 0.0103. The van der Waals surface area contributed by atoms with Crippen molar-refractivity contribution in [2.75, 3.05) is 34.4 Å². The van der Waals surface area contributed by atoms with E-state index in [4.69, 9.17) is 19.2 Å². The maximum atomic E-state index is 12.5. The first-order valence-electron chi connectivity index (χ1n) is 10.9. The Kier molecular flexibility index (Phi) is 7.38. The maximum Gasteiger partial charge on any atom is 0.337 e. The first-order valence-corrected chi connectivity index (χ1v) is 10.9. The Morgan fingerprint density at radius 2 is 2.13 bits per heavy atom. The molecule has 0 aliphatic carbocycles. The average molecular weight is 431 g/mol. The van der Waals surface area contributed by atoms with E-state index in [1.807, 2.05) is 31.3 Å². The molecule has 1 saturated heterocycles. The number of hydrogen-bond donors (Lipinski definition) is 1. The maximum absolute atomic E-state index is 12.5. The highest BCUT2D eigenvalue weighted by atomic mass is 16.5. The molecule has 2 aliphatic rings. The molecule has 170 valence electrons. The Bertz CT molecular complexity index is 848. The first kappa shape index (κ1) is 23.3.